The molecule has 1 heterocycles. The summed E-state index contributed by atoms with van der Waals surface area (Å²) in [5.74, 6) is 0. The summed E-state index contributed by atoms with van der Waals surface area (Å²) < 4.78 is 25.6. The van der Waals surface area contributed by atoms with Crippen LogP contribution in [-0.4, -0.2) is 23.9 Å². The Morgan fingerprint density at radius 1 is 1.36 bits per heavy atom. The second-order valence-electron chi connectivity index (χ2n) is 3.50. The van der Waals surface area contributed by atoms with Crippen LogP contribution in [0.3, 0.4) is 0 Å². The molecule has 80 valence electrons. The van der Waals surface area contributed by atoms with E-state index < -0.39 is 15.3 Å². The Kier molecular flexibility index (Phi) is 2.84. The number of aryl methyl sites for hydroxylation is 2. The predicted molar refractivity (Wildman–Crippen MR) is 55.7 cm³/mol. The Morgan fingerprint density at radius 2 is 1.93 bits per heavy atom. The molecule has 0 aliphatic rings. The van der Waals surface area contributed by atoms with Gasteiger partial charge in [-0.25, -0.2) is 8.42 Å². The van der Waals surface area contributed by atoms with Crippen molar-refractivity contribution < 1.29 is 8.42 Å². The van der Waals surface area contributed by atoms with Gasteiger partial charge in [0.05, 0.1) is 22.3 Å². The normalized spacial score (nSPS) is 12.1. The van der Waals surface area contributed by atoms with Crippen molar-refractivity contribution in [3.63, 3.8) is 0 Å². The SMILES string of the molecule is Cc1n[nH]c(C)c1NS(=O)(=O)C(C)C. The van der Waals surface area contributed by atoms with Crippen LogP contribution < -0.4 is 4.72 Å². The standard InChI is InChI=1S/C8H15N3O2S/c1-5(2)14(12,13)11-8-6(3)9-10-7(8)4/h5,11H,1-4H3,(H,9,10). The average molecular weight is 217 g/mol. The van der Waals surface area contributed by atoms with Crippen LogP contribution in [0.15, 0.2) is 0 Å². The molecule has 0 aliphatic heterocycles. The van der Waals surface area contributed by atoms with Crippen molar-refractivity contribution in [2.75, 3.05) is 4.72 Å². The van der Waals surface area contributed by atoms with Crippen molar-refractivity contribution in [3.05, 3.63) is 11.4 Å². The molecule has 0 unspecified atom stereocenters. The Balaban J connectivity index is 3.01. The smallest absolute Gasteiger partial charge is 0.235 e. The van der Waals surface area contributed by atoms with Crippen LogP contribution in [0.1, 0.15) is 25.2 Å². The molecule has 5 nitrogen and oxygen atoms in total. The zero-order valence-corrected chi connectivity index (χ0v) is 9.57. The summed E-state index contributed by atoms with van der Waals surface area (Å²) in [7, 11) is -3.28. The zero-order valence-electron chi connectivity index (χ0n) is 8.75. The van der Waals surface area contributed by atoms with E-state index in [0.717, 1.165) is 5.69 Å². The topological polar surface area (TPSA) is 74.8 Å². The molecule has 1 aromatic rings. The van der Waals surface area contributed by atoms with Crippen molar-refractivity contribution in [2.45, 2.75) is 32.9 Å². The van der Waals surface area contributed by atoms with Crippen LogP contribution in [0.25, 0.3) is 0 Å². The molecule has 0 aromatic carbocycles. The molecular formula is C8H15N3O2S. The summed E-state index contributed by atoms with van der Waals surface area (Å²) in [5.41, 5.74) is 1.94. The van der Waals surface area contributed by atoms with Gasteiger partial charge in [-0.2, -0.15) is 5.10 Å². The highest BCUT2D eigenvalue weighted by Gasteiger charge is 2.18. The molecule has 1 rings (SSSR count). The maximum Gasteiger partial charge on any atom is 0.235 e. The van der Waals surface area contributed by atoms with Crippen LogP contribution in [0.5, 0.6) is 0 Å². The first kappa shape index (κ1) is 11.0. The van der Waals surface area contributed by atoms with Crippen LogP contribution in [0.4, 0.5) is 5.69 Å². The van der Waals surface area contributed by atoms with Gasteiger partial charge in [-0.1, -0.05) is 0 Å². The number of sulfonamides is 1. The zero-order chi connectivity index (χ0) is 10.9. The monoisotopic (exact) mass is 217 g/mol. The van der Waals surface area contributed by atoms with E-state index in [-0.39, 0.29) is 0 Å². The molecule has 14 heavy (non-hydrogen) atoms. The number of nitrogens with zero attached hydrogens (tertiary/aromatic N) is 1. The van der Waals surface area contributed by atoms with Gasteiger partial charge in [-0.05, 0) is 27.7 Å². The van der Waals surface area contributed by atoms with E-state index in [2.05, 4.69) is 14.9 Å². The molecule has 0 spiro atoms. The van der Waals surface area contributed by atoms with Gasteiger partial charge < -0.3 is 0 Å². The van der Waals surface area contributed by atoms with Gasteiger partial charge in [-0.3, -0.25) is 9.82 Å². The lowest BCUT2D eigenvalue weighted by Gasteiger charge is -2.10. The van der Waals surface area contributed by atoms with E-state index >= 15 is 0 Å². The number of hydrogen-bond acceptors (Lipinski definition) is 3. The minimum Gasteiger partial charge on any atom is -0.280 e. The fourth-order valence-corrected chi connectivity index (χ4v) is 1.78. The Hall–Kier alpha value is -1.04. The van der Waals surface area contributed by atoms with Crippen LogP contribution in [0.2, 0.25) is 0 Å². The number of aromatic amines is 1. The summed E-state index contributed by atoms with van der Waals surface area (Å²) in [6, 6.07) is 0. The molecule has 6 heteroatoms. The number of hydrogen-bond donors (Lipinski definition) is 2. The third-order valence-corrected chi connectivity index (χ3v) is 3.72. The van der Waals surface area contributed by atoms with E-state index in [1.54, 1.807) is 27.7 Å². The molecule has 0 bridgehead atoms. The first-order chi connectivity index (χ1) is 6.34. The fourth-order valence-electron chi connectivity index (χ4n) is 0.961. The first-order valence-electron chi connectivity index (χ1n) is 4.38. The summed E-state index contributed by atoms with van der Waals surface area (Å²) in [4.78, 5) is 0. The third-order valence-electron chi connectivity index (χ3n) is 1.99. The highest BCUT2D eigenvalue weighted by atomic mass is 32.2. The van der Waals surface area contributed by atoms with E-state index in [9.17, 15) is 8.42 Å². The average Bonchev–Trinajstić information content (AvgIpc) is 2.35. The van der Waals surface area contributed by atoms with Crippen molar-refractivity contribution in [2.24, 2.45) is 0 Å². The highest BCUT2D eigenvalue weighted by Crippen LogP contribution is 2.18. The highest BCUT2D eigenvalue weighted by molar-refractivity contribution is 7.93. The van der Waals surface area contributed by atoms with Crippen LogP contribution in [0, 0.1) is 13.8 Å². The van der Waals surface area contributed by atoms with Crippen LogP contribution >= 0.6 is 0 Å². The fraction of sp³-hybridized carbons (Fsp3) is 0.625. The van der Waals surface area contributed by atoms with Gasteiger partial charge >= 0.3 is 0 Å². The van der Waals surface area contributed by atoms with E-state index in [1.165, 1.54) is 0 Å². The van der Waals surface area contributed by atoms with Gasteiger partial charge in [-0.15, -0.1) is 0 Å². The lowest BCUT2D eigenvalue weighted by atomic mass is 10.3. The largest absolute Gasteiger partial charge is 0.280 e. The van der Waals surface area contributed by atoms with Gasteiger partial charge in [0.25, 0.3) is 0 Å². The minimum atomic E-state index is -3.28. The molecule has 2 N–H and O–H groups in total. The van der Waals surface area contributed by atoms with E-state index in [0.29, 0.717) is 11.4 Å². The minimum absolute atomic E-state index is 0.448. The molecule has 0 amide bonds. The van der Waals surface area contributed by atoms with Gasteiger partial charge in [0.1, 0.15) is 0 Å². The number of aromatic nitrogens is 2. The second kappa shape index (κ2) is 3.61. The number of nitrogens with one attached hydrogen (secondary N) is 2. The maximum absolute atomic E-state index is 11.5. The number of rotatable bonds is 3. The molecular weight excluding hydrogens is 202 g/mol. The Morgan fingerprint density at radius 3 is 2.29 bits per heavy atom. The van der Waals surface area contributed by atoms with E-state index in [4.69, 9.17) is 0 Å². The second-order valence-corrected chi connectivity index (χ2v) is 5.74. The number of H-pyrrole nitrogens is 1. The summed E-state index contributed by atoms with van der Waals surface area (Å²) in [6.07, 6.45) is 0. The molecule has 0 atom stereocenters. The summed E-state index contributed by atoms with van der Waals surface area (Å²) in [5, 5.41) is 6.18. The quantitative estimate of drug-likeness (QED) is 0.798. The van der Waals surface area contributed by atoms with Crippen molar-refractivity contribution >= 4 is 15.7 Å². The Labute approximate surface area is 84.0 Å². The van der Waals surface area contributed by atoms with Crippen molar-refractivity contribution in [1.82, 2.24) is 10.2 Å². The lowest BCUT2D eigenvalue weighted by Crippen LogP contribution is -2.23. The van der Waals surface area contributed by atoms with Gasteiger partial charge in [0.2, 0.25) is 10.0 Å². The molecule has 0 aliphatic carbocycles. The summed E-state index contributed by atoms with van der Waals surface area (Å²) >= 11 is 0. The van der Waals surface area contributed by atoms with Crippen molar-refractivity contribution in [3.8, 4) is 0 Å². The van der Waals surface area contributed by atoms with Gasteiger partial charge in [0, 0.05) is 0 Å². The van der Waals surface area contributed by atoms with Crippen molar-refractivity contribution in [1.29, 1.82) is 0 Å². The summed E-state index contributed by atoms with van der Waals surface area (Å²) in [6.45, 7) is 6.79. The number of anilines is 1. The molecule has 0 saturated heterocycles. The maximum atomic E-state index is 11.5. The molecule has 0 fully saturated rings. The lowest BCUT2D eigenvalue weighted by molar-refractivity contribution is 0.592. The predicted octanol–water partition coefficient (Wildman–Crippen LogP) is 1.18. The van der Waals surface area contributed by atoms with E-state index in [1.807, 2.05) is 0 Å². The molecule has 1 aromatic heterocycles. The molecule has 0 radical (unpaired) electrons. The Bertz CT molecular complexity index is 400. The van der Waals surface area contributed by atoms with Crippen LogP contribution in [-0.2, 0) is 10.0 Å². The first-order valence-corrected chi connectivity index (χ1v) is 5.92. The third kappa shape index (κ3) is 2.06. The van der Waals surface area contributed by atoms with Gasteiger partial charge in [0.15, 0.2) is 0 Å². The molecule has 0 saturated carbocycles.